The lowest BCUT2D eigenvalue weighted by molar-refractivity contribution is -0.116. The first kappa shape index (κ1) is 19.9. The van der Waals surface area contributed by atoms with Gasteiger partial charge in [0.1, 0.15) is 0 Å². The van der Waals surface area contributed by atoms with E-state index >= 15 is 0 Å². The largest absolute Gasteiger partial charge is 0.383 e. The highest BCUT2D eigenvalue weighted by atomic mass is 35.5. The van der Waals surface area contributed by atoms with Gasteiger partial charge < -0.3 is 10.1 Å². The van der Waals surface area contributed by atoms with Crippen molar-refractivity contribution in [1.82, 2.24) is 4.31 Å². The summed E-state index contributed by atoms with van der Waals surface area (Å²) < 4.78 is 29.5. The molecule has 1 amide bonds. The molecule has 0 aromatic heterocycles. The quantitative estimate of drug-likeness (QED) is 0.769. The Morgan fingerprint density at radius 3 is 2.48 bits per heavy atom. The maximum Gasteiger partial charge on any atom is 0.225 e. The molecule has 8 heteroatoms. The van der Waals surface area contributed by atoms with Crippen molar-refractivity contribution >= 4 is 33.2 Å². The highest BCUT2D eigenvalue weighted by Gasteiger charge is 2.18. The van der Waals surface area contributed by atoms with Gasteiger partial charge in [-0.2, -0.15) is 4.31 Å². The van der Waals surface area contributed by atoms with E-state index in [-0.39, 0.29) is 32.0 Å². The fourth-order valence-corrected chi connectivity index (χ4v) is 3.34. The number of nitrogens with zero attached hydrogens (tertiary/aromatic N) is 1. The van der Waals surface area contributed by atoms with Crippen LogP contribution in [0, 0.1) is 13.8 Å². The number of ether oxygens (including phenoxy) is 1. The number of hydrogen-bond acceptors (Lipinski definition) is 4. The van der Waals surface area contributed by atoms with Crippen molar-refractivity contribution in [3.63, 3.8) is 0 Å². The normalized spacial score (nSPS) is 11.7. The Balaban J connectivity index is 2.69. The van der Waals surface area contributed by atoms with Crippen LogP contribution in [-0.4, -0.2) is 51.7 Å². The van der Waals surface area contributed by atoms with E-state index in [4.69, 9.17) is 16.3 Å². The summed E-state index contributed by atoms with van der Waals surface area (Å²) in [5.74, 6) is -0.287. The maximum absolute atomic E-state index is 12.1. The third-order valence-electron chi connectivity index (χ3n) is 3.30. The highest BCUT2D eigenvalue weighted by Crippen LogP contribution is 2.27. The second-order valence-corrected chi connectivity index (χ2v) is 7.78. The second kappa shape index (κ2) is 8.63. The molecule has 0 atom stereocenters. The van der Waals surface area contributed by atoms with E-state index in [1.165, 1.54) is 11.4 Å². The number of anilines is 1. The number of benzene rings is 1. The van der Waals surface area contributed by atoms with Crippen molar-refractivity contribution in [1.29, 1.82) is 0 Å². The zero-order valence-electron chi connectivity index (χ0n) is 13.8. The number of carbonyl (C=O) groups is 1. The lowest BCUT2D eigenvalue weighted by Crippen LogP contribution is -2.35. The summed E-state index contributed by atoms with van der Waals surface area (Å²) in [5.41, 5.74) is 2.43. The Bertz CT molecular complexity index is 638. The van der Waals surface area contributed by atoms with Gasteiger partial charge in [0.25, 0.3) is 0 Å². The predicted octanol–water partition coefficient (Wildman–Crippen LogP) is 2.19. The number of aryl methyl sites for hydroxylation is 2. The zero-order chi connectivity index (χ0) is 17.6. The van der Waals surface area contributed by atoms with Gasteiger partial charge in [-0.05, 0) is 31.0 Å². The molecule has 0 heterocycles. The second-order valence-electron chi connectivity index (χ2n) is 5.39. The molecular formula is C15H23ClN2O4S. The number of methoxy groups -OCH3 is 1. The average molecular weight is 363 g/mol. The molecular weight excluding hydrogens is 340 g/mol. The number of halogens is 1. The average Bonchev–Trinajstić information content (AvgIpc) is 2.41. The summed E-state index contributed by atoms with van der Waals surface area (Å²) in [6.45, 7) is 4.36. The number of amides is 1. The van der Waals surface area contributed by atoms with Gasteiger partial charge in [0.2, 0.25) is 15.9 Å². The summed E-state index contributed by atoms with van der Waals surface area (Å²) in [4.78, 5) is 12.1. The number of nitrogens with one attached hydrogen (secondary N) is 1. The van der Waals surface area contributed by atoms with Crippen LogP contribution in [0.3, 0.4) is 0 Å². The predicted molar refractivity (Wildman–Crippen MR) is 92.5 cm³/mol. The number of rotatable bonds is 8. The molecule has 0 aliphatic heterocycles. The van der Waals surface area contributed by atoms with Crippen molar-refractivity contribution in [2.75, 3.05) is 38.4 Å². The van der Waals surface area contributed by atoms with Crippen molar-refractivity contribution in [2.24, 2.45) is 0 Å². The van der Waals surface area contributed by atoms with Gasteiger partial charge in [0.05, 0.1) is 23.6 Å². The minimum Gasteiger partial charge on any atom is -0.383 e. The van der Waals surface area contributed by atoms with Gasteiger partial charge in [-0.1, -0.05) is 17.7 Å². The van der Waals surface area contributed by atoms with E-state index in [1.807, 2.05) is 19.9 Å². The SMILES string of the molecule is COCCN(CCC(=O)Nc1c(C)cc(C)cc1Cl)S(C)(=O)=O. The van der Waals surface area contributed by atoms with E-state index in [2.05, 4.69) is 5.32 Å². The van der Waals surface area contributed by atoms with Crippen LogP contribution in [0.1, 0.15) is 17.5 Å². The van der Waals surface area contributed by atoms with Gasteiger partial charge in [-0.3, -0.25) is 4.79 Å². The molecule has 1 N–H and O–H groups in total. The van der Waals surface area contributed by atoms with E-state index in [9.17, 15) is 13.2 Å². The molecule has 0 fully saturated rings. The first-order chi connectivity index (χ1) is 10.6. The van der Waals surface area contributed by atoms with E-state index < -0.39 is 10.0 Å². The summed E-state index contributed by atoms with van der Waals surface area (Å²) in [5, 5.41) is 3.21. The standard InChI is InChI=1S/C15H23ClN2O4S/c1-11-9-12(2)15(13(16)10-11)17-14(19)5-6-18(7-8-22-3)23(4,20)21/h9-10H,5-8H2,1-4H3,(H,17,19). The molecule has 23 heavy (non-hydrogen) atoms. The molecule has 0 saturated heterocycles. The van der Waals surface area contributed by atoms with E-state index in [0.717, 1.165) is 17.4 Å². The molecule has 1 aromatic carbocycles. The van der Waals surface area contributed by atoms with Crippen LogP contribution < -0.4 is 5.32 Å². The minimum atomic E-state index is -3.38. The third kappa shape index (κ3) is 6.47. The Hall–Kier alpha value is -1.15. The van der Waals surface area contributed by atoms with Crippen LogP contribution >= 0.6 is 11.6 Å². The summed E-state index contributed by atoms with van der Waals surface area (Å²) in [6.07, 6.45) is 1.15. The number of hydrogen-bond donors (Lipinski definition) is 1. The third-order valence-corrected chi connectivity index (χ3v) is 4.90. The summed E-state index contributed by atoms with van der Waals surface area (Å²) in [6, 6.07) is 3.69. The molecule has 0 spiro atoms. The monoisotopic (exact) mass is 362 g/mol. The van der Waals surface area contributed by atoms with Crippen LogP contribution in [0.25, 0.3) is 0 Å². The molecule has 0 aliphatic carbocycles. The van der Waals surface area contributed by atoms with Crippen molar-refractivity contribution in [3.8, 4) is 0 Å². The Labute approximate surface area is 142 Å². The van der Waals surface area contributed by atoms with E-state index in [1.54, 1.807) is 6.07 Å². The molecule has 0 saturated carbocycles. The maximum atomic E-state index is 12.1. The van der Waals surface area contributed by atoms with Crippen molar-refractivity contribution in [3.05, 3.63) is 28.3 Å². The fourth-order valence-electron chi connectivity index (χ4n) is 2.14. The fraction of sp³-hybridized carbons (Fsp3) is 0.533. The zero-order valence-corrected chi connectivity index (χ0v) is 15.4. The Kier molecular flexibility index (Phi) is 7.47. The van der Waals surface area contributed by atoms with Gasteiger partial charge in [-0.15, -0.1) is 0 Å². The van der Waals surface area contributed by atoms with Crippen LogP contribution in [0.4, 0.5) is 5.69 Å². The number of sulfonamides is 1. The lowest BCUT2D eigenvalue weighted by atomic mass is 10.1. The molecule has 1 rings (SSSR count). The molecule has 0 radical (unpaired) electrons. The summed E-state index contributed by atoms with van der Waals surface area (Å²) in [7, 11) is -1.88. The molecule has 1 aromatic rings. The molecule has 6 nitrogen and oxygen atoms in total. The Morgan fingerprint density at radius 2 is 1.96 bits per heavy atom. The lowest BCUT2D eigenvalue weighted by Gasteiger charge is -2.19. The molecule has 0 aliphatic rings. The van der Waals surface area contributed by atoms with Gasteiger partial charge >= 0.3 is 0 Å². The Morgan fingerprint density at radius 1 is 1.30 bits per heavy atom. The first-order valence-corrected chi connectivity index (χ1v) is 9.38. The van der Waals surface area contributed by atoms with E-state index in [0.29, 0.717) is 10.7 Å². The molecule has 0 bridgehead atoms. The summed E-state index contributed by atoms with van der Waals surface area (Å²) >= 11 is 6.15. The number of carbonyl (C=O) groups excluding carboxylic acids is 1. The topological polar surface area (TPSA) is 75.7 Å². The van der Waals surface area contributed by atoms with Crippen molar-refractivity contribution in [2.45, 2.75) is 20.3 Å². The smallest absolute Gasteiger partial charge is 0.225 e. The van der Waals surface area contributed by atoms with Crippen LogP contribution in [0.5, 0.6) is 0 Å². The molecule has 130 valence electrons. The highest BCUT2D eigenvalue weighted by molar-refractivity contribution is 7.88. The van der Waals surface area contributed by atoms with Gasteiger partial charge in [-0.25, -0.2) is 8.42 Å². The first-order valence-electron chi connectivity index (χ1n) is 7.15. The van der Waals surface area contributed by atoms with Crippen molar-refractivity contribution < 1.29 is 17.9 Å². The van der Waals surface area contributed by atoms with Crippen LogP contribution in [0.2, 0.25) is 5.02 Å². The molecule has 0 unspecified atom stereocenters. The van der Waals surface area contributed by atoms with Crippen LogP contribution in [0.15, 0.2) is 12.1 Å². The van der Waals surface area contributed by atoms with Crippen LogP contribution in [-0.2, 0) is 19.6 Å². The van der Waals surface area contributed by atoms with Gasteiger partial charge in [0, 0.05) is 26.6 Å². The van der Waals surface area contributed by atoms with Gasteiger partial charge in [0.15, 0.2) is 0 Å². The minimum absolute atomic E-state index is 0.0421.